The maximum atomic E-state index is 14.5. The van der Waals surface area contributed by atoms with Gasteiger partial charge in [-0.15, -0.1) is 0 Å². The monoisotopic (exact) mass is 525 g/mol. The summed E-state index contributed by atoms with van der Waals surface area (Å²) in [5.74, 6) is 1.57. The van der Waals surface area contributed by atoms with E-state index in [0.717, 1.165) is 25.7 Å². The van der Waals surface area contributed by atoms with Crippen LogP contribution in [0.3, 0.4) is 0 Å². The van der Waals surface area contributed by atoms with Crippen molar-refractivity contribution in [1.29, 1.82) is 0 Å². The highest BCUT2D eigenvalue weighted by Crippen LogP contribution is 2.74. The molecule has 11 atom stereocenters. The average molecular weight is 526 g/mol. The number of carbonyl (C=O) groups is 3. The lowest BCUT2D eigenvalue weighted by atomic mass is 9.33. The Balaban J connectivity index is 1.61. The number of carbonyl (C=O) groups excluding carboxylic acids is 3. The van der Waals surface area contributed by atoms with Gasteiger partial charge in [-0.25, -0.2) is 0 Å². The lowest BCUT2D eigenvalue weighted by Gasteiger charge is -2.70. The molecule has 5 heteroatoms. The number of esters is 1. The third-order valence-corrected chi connectivity index (χ3v) is 13.5. The Labute approximate surface area is 230 Å². The summed E-state index contributed by atoms with van der Waals surface area (Å²) in [6, 6.07) is 0. The maximum absolute atomic E-state index is 14.5. The molecule has 0 aromatic heterocycles. The van der Waals surface area contributed by atoms with Gasteiger partial charge in [0.2, 0.25) is 5.91 Å². The smallest absolute Gasteiger partial charge is 0.302 e. The molecule has 1 N–H and O–H groups in total. The number of allylic oxidation sites excluding steroid dienone is 2. The molecule has 0 spiro atoms. The number of nitrogens with one attached hydrogen (secondary N) is 1. The van der Waals surface area contributed by atoms with Crippen LogP contribution in [-0.2, 0) is 19.1 Å². The molecule has 4 saturated carbocycles. The van der Waals surface area contributed by atoms with Crippen LogP contribution in [0.1, 0.15) is 114 Å². The normalized spacial score (nSPS) is 51.9. The first kappa shape index (κ1) is 27.9. The van der Waals surface area contributed by atoms with Crippen molar-refractivity contribution in [2.45, 2.75) is 125 Å². The quantitative estimate of drug-likeness (QED) is 0.410. The fourth-order valence-electron chi connectivity index (χ4n) is 11.3. The summed E-state index contributed by atoms with van der Waals surface area (Å²) in [7, 11) is 0. The zero-order chi connectivity index (χ0) is 28.1. The molecule has 5 aliphatic carbocycles. The molecular weight excluding hydrogens is 474 g/mol. The van der Waals surface area contributed by atoms with Crippen molar-refractivity contribution in [3.8, 4) is 0 Å². The highest BCUT2D eigenvalue weighted by Gasteiger charge is 2.71. The van der Waals surface area contributed by atoms with Crippen LogP contribution in [0.15, 0.2) is 11.6 Å². The predicted molar refractivity (Wildman–Crippen MR) is 149 cm³/mol. The number of ether oxygens (including phenoxy) is 1. The topological polar surface area (TPSA) is 72.5 Å². The summed E-state index contributed by atoms with van der Waals surface area (Å²) in [5, 5.41) is 3.24. The SMILES string of the molecule is CC(=O)N[C@]1(C)[C@@H]2CC[C@]3(C)[C@H](C(=O)C=C4[C@@H]5[C@@H](C)[C@H](C)CC[C@]5(C)CC[C@]43C)[C@@]2(C)CC[C@H]1OC(C)=O. The lowest BCUT2D eigenvalue weighted by Crippen LogP contribution is -2.72. The Morgan fingerprint density at radius 2 is 1.61 bits per heavy atom. The van der Waals surface area contributed by atoms with Crippen molar-refractivity contribution in [2.24, 2.45) is 51.2 Å². The number of amides is 1. The molecular formula is C33H51NO4. The van der Waals surface area contributed by atoms with Crippen LogP contribution < -0.4 is 5.32 Å². The van der Waals surface area contributed by atoms with Gasteiger partial charge >= 0.3 is 5.97 Å². The van der Waals surface area contributed by atoms with Crippen molar-refractivity contribution in [3.05, 3.63) is 11.6 Å². The van der Waals surface area contributed by atoms with Crippen LogP contribution in [0.25, 0.3) is 0 Å². The Morgan fingerprint density at radius 1 is 0.921 bits per heavy atom. The molecule has 0 aliphatic heterocycles. The molecule has 4 fully saturated rings. The van der Waals surface area contributed by atoms with Gasteiger partial charge in [0.05, 0.1) is 5.54 Å². The van der Waals surface area contributed by atoms with E-state index < -0.39 is 5.54 Å². The highest BCUT2D eigenvalue weighted by atomic mass is 16.5. The molecule has 38 heavy (non-hydrogen) atoms. The van der Waals surface area contributed by atoms with E-state index in [4.69, 9.17) is 4.74 Å². The standard InChI is InChI=1S/C33H51NO4/c1-19-10-13-29(5)16-17-31(7)23(27(29)20(19)2)18-24(37)28-30(6)14-12-26(38-22(4)36)33(9,34-21(3)35)25(30)11-15-32(28,31)8/h18-20,25-28H,10-17H2,1-9H3,(H,34,35)/t19-,20+,25-,26-,27+,28-,29-,30+,31-,32-,33-/m1/s1. The number of fused-ring (bicyclic) bond motifs is 7. The number of hydrogen-bond acceptors (Lipinski definition) is 4. The summed E-state index contributed by atoms with van der Waals surface area (Å²) in [6.07, 6.45) is 10.0. The third kappa shape index (κ3) is 3.58. The summed E-state index contributed by atoms with van der Waals surface area (Å²) in [6.45, 7) is 19.6. The largest absolute Gasteiger partial charge is 0.460 e. The Hall–Kier alpha value is -1.65. The van der Waals surface area contributed by atoms with Gasteiger partial charge in [0, 0.05) is 19.8 Å². The summed E-state index contributed by atoms with van der Waals surface area (Å²) in [4.78, 5) is 39.0. The molecule has 5 nitrogen and oxygen atoms in total. The third-order valence-electron chi connectivity index (χ3n) is 13.5. The average Bonchev–Trinajstić information content (AvgIpc) is 2.79. The summed E-state index contributed by atoms with van der Waals surface area (Å²) >= 11 is 0. The first-order chi connectivity index (χ1) is 17.5. The van der Waals surface area contributed by atoms with Gasteiger partial charge in [0.25, 0.3) is 0 Å². The minimum absolute atomic E-state index is 0.00775. The van der Waals surface area contributed by atoms with Crippen molar-refractivity contribution >= 4 is 17.7 Å². The van der Waals surface area contributed by atoms with E-state index in [-0.39, 0.29) is 51.5 Å². The van der Waals surface area contributed by atoms with Crippen LogP contribution in [0.5, 0.6) is 0 Å². The molecule has 1 amide bonds. The van der Waals surface area contributed by atoms with E-state index in [1.54, 1.807) is 6.92 Å². The zero-order valence-electron chi connectivity index (χ0n) is 25.3. The first-order valence-corrected chi connectivity index (χ1v) is 15.3. The van der Waals surface area contributed by atoms with E-state index in [1.807, 2.05) is 0 Å². The zero-order valence-corrected chi connectivity index (χ0v) is 25.3. The Bertz CT molecular complexity index is 1080. The predicted octanol–water partition coefficient (Wildman–Crippen LogP) is 6.64. The molecule has 212 valence electrons. The second-order valence-corrected chi connectivity index (χ2v) is 15.4. The van der Waals surface area contributed by atoms with E-state index in [9.17, 15) is 14.4 Å². The highest BCUT2D eigenvalue weighted by molar-refractivity contribution is 5.95. The van der Waals surface area contributed by atoms with E-state index >= 15 is 0 Å². The minimum atomic E-state index is -0.699. The molecule has 0 heterocycles. The first-order valence-electron chi connectivity index (χ1n) is 15.3. The molecule has 0 aromatic rings. The van der Waals surface area contributed by atoms with Crippen LogP contribution >= 0.6 is 0 Å². The molecule has 0 unspecified atom stereocenters. The van der Waals surface area contributed by atoms with Gasteiger partial charge < -0.3 is 10.1 Å². The fourth-order valence-corrected chi connectivity index (χ4v) is 11.3. The second kappa shape index (κ2) is 8.67. The molecule has 0 aromatic carbocycles. The van der Waals surface area contributed by atoms with Gasteiger partial charge in [-0.05, 0) is 110 Å². The van der Waals surface area contributed by atoms with Crippen LogP contribution in [0.2, 0.25) is 0 Å². The van der Waals surface area contributed by atoms with Crippen LogP contribution in [0.4, 0.5) is 0 Å². The second-order valence-electron chi connectivity index (χ2n) is 15.4. The molecule has 0 bridgehead atoms. The summed E-state index contributed by atoms with van der Waals surface area (Å²) in [5.41, 5.74) is 0.617. The van der Waals surface area contributed by atoms with Gasteiger partial charge in [-0.1, -0.05) is 47.1 Å². The molecule has 5 aliphatic rings. The maximum Gasteiger partial charge on any atom is 0.302 e. The fraction of sp³-hybridized carbons (Fsp3) is 0.848. The molecule has 5 rings (SSSR count). The molecule has 0 radical (unpaired) electrons. The van der Waals surface area contributed by atoms with E-state index in [0.29, 0.717) is 30.0 Å². The number of ketones is 1. The Morgan fingerprint density at radius 3 is 2.24 bits per heavy atom. The minimum Gasteiger partial charge on any atom is -0.460 e. The number of hydrogen-bond donors (Lipinski definition) is 1. The van der Waals surface area contributed by atoms with E-state index in [1.165, 1.54) is 31.8 Å². The van der Waals surface area contributed by atoms with Crippen LogP contribution in [-0.4, -0.2) is 29.3 Å². The van der Waals surface area contributed by atoms with Crippen molar-refractivity contribution in [3.63, 3.8) is 0 Å². The summed E-state index contributed by atoms with van der Waals surface area (Å²) < 4.78 is 5.84. The number of rotatable bonds is 2. The Kier molecular flexibility index (Phi) is 6.37. The van der Waals surface area contributed by atoms with Gasteiger partial charge in [0.1, 0.15) is 6.10 Å². The van der Waals surface area contributed by atoms with Crippen molar-refractivity contribution in [1.82, 2.24) is 5.32 Å². The van der Waals surface area contributed by atoms with Crippen LogP contribution in [0, 0.1) is 51.2 Å². The van der Waals surface area contributed by atoms with Gasteiger partial charge in [-0.3, -0.25) is 14.4 Å². The molecule has 0 saturated heterocycles. The van der Waals surface area contributed by atoms with E-state index in [2.05, 4.69) is 59.9 Å². The lowest BCUT2D eigenvalue weighted by molar-refractivity contribution is -0.201. The van der Waals surface area contributed by atoms with Gasteiger partial charge in [-0.2, -0.15) is 0 Å². The van der Waals surface area contributed by atoms with Crippen molar-refractivity contribution in [2.75, 3.05) is 0 Å². The van der Waals surface area contributed by atoms with Gasteiger partial charge in [0.15, 0.2) is 5.78 Å². The van der Waals surface area contributed by atoms with Crippen molar-refractivity contribution < 1.29 is 19.1 Å².